The summed E-state index contributed by atoms with van der Waals surface area (Å²) in [6, 6.07) is 2.62. The lowest BCUT2D eigenvalue weighted by atomic mass is 9.72. The summed E-state index contributed by atoms with van der Waals surface area (Å²) in [5, 5.41) is 38.4. The van der Waals surface area contributed by atoms with E-state index in [0.717, 1.165) is 18.6 Å². The van der Waals surface area contributed by atoms with Gasteiger partial charge in [0.25, 0.3) is 0 Å². The zero-order valence-corrected chi connectivity index (χ0v) is 40.4. The molecule has 5 heterocycles. The molecular formula is C50H75F3N2O11. The summed E-state index contributed by atoms with van der Waals surface area (Å²) < 4.78 is 74.9. The molecule has 5 N–H and O–H groups in total. The number of carbonyl (C=O) groups is 3. The van der Waals surface area contributed by atoms with Gasteiger partial charge in [0.2, 0.25) is 0 Å². The zero-order chi connectivity index (χ0) is 48.7. The van der Waals surface area contributed by atoms with Crippen molar-refractivity contribution in [3.05, 3.63) is 42.0 Å². The number of anilines is 1. The normalized spacial score (nSPS) is 39.5. The molecule has 13 nitrogen and oxygen atoms in total. The molecule has 2 amide bonds. The number of ether oxygens (including phenoxy) is 5. The Hall–Kier alpha value is -3.12. The maximum Gasteiger partial charge on any atom is 0.416 e. The molecule has 0 aromatic heterocycles. The van der Waals surface area contributed by atoms with Crippen molar-refractivity contribution in [2.45, 2.75) is 205 Å². The second-order valence-corrected chi connectivity index (χ2v) is 20.6. The van der Waals surface area contributed by atoms with Crippen LogP contribution in [-0.2, 0) is 39.4 Å². The molecule has 372 valence electrons. The molecule has 16 heteroatoms. The van der Waals surface area contributed by atoms with Gasteiger partial charge in [0.05, 0.1) is 59.3 Å². The minimum atomic E-state index is -4.61. The van der Waals surface area contributed by atoms with Crippen LogP contribution in [0.4, 0.5) is 23.7 Å². The number of benzene rings is 1. The number of ketones is 1. The number of carboxylic acid groups (broad SMARTS) is 1. The lowest BCUT2D eigenvalue weighted by molar-refractivity contribution is -0.397. The molecule has 2 spiro atoms. The van der Waals surface area contributed by atoms with Crippen LogP contribution in [0.25, 0.3) is 0 Å². The van der Waals surface area contributed by atoms with E-state index < -0.39 is 113 Å². The summed E-state index contributed by atoms with van der Waals surface area (Å²) in [5.41, 5.74) is -2.92. The van der Waals surface area contributed by atoms with Crippen LogP contribution in [0.1, 0.15) is 139 Å². The fraction of sp³-hybridized carbons (Fsp3) is 0.780. The second kappa shape index (κ2) is 20.1. The van der Waals surface area contributed by atoms with Crippen molar-refractivity contribution in [3.63, 3.8) is 0 Å². The first kappa shape index (κ1) is 52.3. The number of aliphatic carboxylic acids is 1. The first-order valence-corrected chi connectivity index (χ1v) is 24.4. The number of amides is 2. The standard InChI is InChI=1S/C50H75F3N2O11/c1-11-35(44(58)59)37-18-17-27(4)42(63-37)31(8)40(56)30(7)41(57)36(12-2)43-28(5)25-29(6)48(64-43)22-19-38(55-45(60)54-34-16-14-15-33(26-34)50(51,52)53)49(66-48)24-23-46(10,65-49)39-20-21-47(61,13-3)32(9)62-39/h14-16,19,22,26-32,35-40,42-43,56,61H,11-13,17-18,20-21,23-25H2,1-10H3,(H,58,59)(H2,54,55,60)/t27-,28-,29+,30-,31-,32-,35+,36?,37+,38+,39+,40+,42+,43-,46-,47+,48-,49-/m0/s1. The minimum Gasteiger partial charge on any atom is -0.481 e. The van der Waals surface area contributed by atoms with Gasteiger partial charge in [0, 0.05) is 35.8 Å². The average Bonchev–Trinajstić information content (AvgIpc) is 3.61. The summed E-state index contributed by atoms with van der Waals surface area (Å²) in [4.78, 5) is 40.4. The van der Waals surface area contributed by atoms with Gasteiger partial charge in [0.1, 0.15) is 11.8 Å². The third kappa shape index (κ3) is 10.4. The number of hydrogen-bond donors (Lipinski definition) is 5. The Kier molecular flexibility index (Phi) is 15.9. The fourth-order valence-corrected chi connectivity index (χ4v) is 11.7. The molecule has 0 saturated carbocycles. The fourth-order valence-electron chi connectivity index (χ4n) is 11.7. The number of aliphatic hydroxyl groups excluding tert-OH is 1. The molecule has 6 rings (SSSR count). The third-order valence-electron chi connectivity index (χ3n) is 16.2. The summed E-state index contributed by atoms with van der Waals surface area (Å²) in [6.07, 6.45) is 0.238. The predicted molar refractivity (Wildman–Crippen MR) is 240 cm³/mol. The molecule has 18 atom stereocenters. The number of rotatable bonds is 14. The van der Waals surface area contributed by atoms with Gasteiger partial charge < -0.3 is 49.6 Å². The van der Waals surface area contributed by atoms with Crippen LogP contribution < -0.4 is 10.6 Å². The molecule has 0 radical (unpaired) electrons. The Morgan fingerprint density at radius 2 is 1.61 bits per heavy atom. The number of hydrogen-bond acceptors (Lipinski definition) is 10. The first-order valence-electron chi connectivity index (χ1n) is 24.4. The van der Waals surface area contributed by atoms with Gasteiger partial charge in [-0.3, -0.25) is 9.59 Å². The molecule has 5 aliphatic rings. The van der Waals surface area contributed by atoms with E-state index in [2.05, 4.69) is 10.6 Å². The second-order valence-electron chi connectivity index (χ2n) is 20.6. The number of urea groups is 1. The Morgan fingerprint density at radius 1 is 0.909 bits per heavy atom. The van der Waals surface area contributed by atoms with Crippen LogP contribution in [0, 0.1) is 41.4 Å². The molecule has 1 aromatic carbocycles. The van der Waals surface area contributed by atoms with Crippen molar-refractivity contribution >= 4 is 23.5 Å². The molecule has 4 fully saturated rings. The molecule has 1 unspecified atom stereocenters. The minimum absolute atomic E-state index is 0.0457. The maximum absolute atomic E-state index is 14.7. The third-order valence-corrected chi connectivity index (χ3v) is 16.2. The number of alkyl halides is 3. The summed E-state index contributed by atoms with van der Waals surface area (Å²) in [6.45, 7) is 19.1. The summed E-state index contributed by atoms with van der Waals surface area (Å²) in [7, 11) is 0. The van der Waals surface area contributed by atoms with Gasteiger partial charge in [-0.15, -0.1) is 0 Å². The van der Waals surface area contributed by atoms with E-state index in [9.17, 15) is 42.9 Å². The van der Waals surface area contributed by atoms with Gasteiger partial charge in [0.15, 0.2) is 11.6 Å². The smallest absolute Gasteiger partial charge is 0.416 e. The lowest BCUT2D eigenvalue weighted by Gasteiger charge is -2.55. The molecule has 5 aliphatic heterocycles. The van der Waals surface area contributed by atoms with E-state index in [-0.39, 0.29) is 35.6 Å². The molecular weight excluding hydrogens is 862 g/mol. The zero-order valence-electron chi connectivity index (χ0n) is 40.4. The van der Waals surface area contributed by atoms with Crippen molar-refractivity contribution in [1.82, 2.24) is 5.32 Å². The van der Waals surface area contributed by atoms with Crippen molar-refractivity contribution in [1.29, 1.82) is 0 Å². The topological polar surface area (TPSA) is 182 Å². The Balaban J connectivity index is 1.26. The highest BCUT2D eigenvalue weighted by Gasteiger charge is 2.63. The van der Waals surface area contributed by atoms with Gasteiger partial charge in [-0.2, -0.15) is 13.2 Å². The Labute approximate surface area is 388 Å². The number of halogens is 3. The molecule has 0 bridgehead atoms. The van der Waals surface area contributed by atoms with Gasteiger partial charge in [-0.25, -0.2) is 4.79 Å². The van der Waals surface area contributed by atoms with Gasteiger partial charge in [-0.05, 0) is 108 Å². The van der Waals surface area contributed by atoms with Crippen molar-refractivity contribution < 1.29 is 66.6 Å². The van der Waals surface area contributed by atoms with Crippen molar-refractivity contribution in [2.75, 3.05) is 5.32 Å². The number of Topliss-reactive ketones (excluding diaryl/α,β-unsaturated/α-hetero) is 1. The van der Waals surface area contributed by atoms with Crippen molar-refractivity contribution in [2.24, 2.45) is 41.4 Å². The van der Waals surface area contributed by atoms with Gasteiger partial charge >= 0.3 is 18.2 Å². The number of carbonyl (C=O) groups excluding carboxylic acids is 2. The highest BCUT2D eigenvalue weighted by Crippen LogP contribution is 2.54. The number of nitrogens with one attached hydrogen (secondary N) is 2. The van der Waals surface area contributed by atoms with E-state index in [4.69, 9.17) is 23.7 Å². The first-order chi connectivity index (χ1) is 30.9. The highest BCUT2D eigenvalue weighted by molar-refractivity contribution is 5.89. The van der Waals surface area contributed by atoms with E-state index >= 15 is 0 Å². The molecule has 1 aromatic rings. The molecule has 66 heavy (non-hydrogen) atoms. The van der Waals surface area contributed by atoms with Crippen LogP contribution in [-0.4, -0.2) is 98.5 Å². The Morgan fingerprint density at radius 3 is 2.23 bits per heavy atom. The van der Waals surface area contributed by atoms with E-state index in [1.54, 1.807) is 19.1 Å². The van der Waals surface area contributed by atoms with Gasteiger partial charge in [-0.1, -0.05) is 67.5 Å². The molecule has 4 saturated heterocycles. The molecule has 0 aliphatic carbocycles. The number of aliphatic hydroxyl groups is 2. The van der Waals surface area contributed by atoms with Crippen LogP contribution in [0.5, 0.6) is 0 Å². The lowest BCUT2D eigenvalue weighted by Crippen LogP contribution is -2.66. The highest BCUT2D eigenvalue weighted by atomic mass is 19.4. The van der Waals surface area contributed by atoms with E-state index in [1.165, 1.54) is 12.1 Å². The summed E-state index contributed by atoms with van der Waals surface area (Å²) >= 11 is 0. The quantitative estimate of drug-likeness (QED) is 0.112. The van der Waals surface area contributed by atoms with E-state index in [1.807, 2.05) is 62.3 Å². The Bertz CT molecular complexity index is 1920. The monoisotopic (exact) mass is 937 g/mol. The van der Waals surface area contributed by atoms with Crippen LogP contribution in [0.15, 0.2) is 36.4 Å². The maximum atomic E-state index is 14.7. The van der Waals surface area contributed by atoms with Crippen LogP contribution >= 0.6 is 0 Å². The SMILES string of the molecule is CCC(C(=O)[C@@H](C)[C@@H](O)[C@H](C)[C@@H]1O[C@@H]([C@@H](CC)C(=O)O)CC[C@@H]1C)[C@H]1O[C@]2(C=C[C@@H](NC(=O)Nc3cccc(C(F)(F)F)c3)[C@]3(CC[C@@](C)([C@H]4CC[C@](O)(CC)[C@H](C)O4)O3)O2)[C@H](C)C[C@@H]1C. The summed E-state index contributed by atoms with van der Waals surface area (Å²) in [5.74, 6) is -7.02. The predicted octanol–water partition coefficient (Wildman–Crippen LogP) is 9.04. The van der Waals surface area contributed by atoms with Crippen LogP contribution in [0.3, 0.4) is 0 Å². The average molecular weight is 937 g/mol. The largest absolute Gasteiger partial charge is 0.481 e. The van der Waals surface area contributed by atoms with E-state index in [0.29, 0.717) is 51.4 Å². The number of carboxylic acids is 1. The van der Waals surface area contributed by atoms with Crippen molar-refractivity contribution in [3.8, 4) is 0 Å². The van der Waals surface area contributed by atoms with Crippen LogP contribution in [0.2, 0.25) is 0 Å².